The second-order valence-corrected chi connectivity index (χ2v) is 7.94. The van der Waals surface area contributed by atoms with Crippen molar-refractivity contribution in [1.82, 2.24) is 14.8 Å². The van der Waals surface area contributed by atoms with E-state index in [0.717, 1.165) is 15.8 Å². The molecule has 0 atom stereocenters. The molecule has 150 valence electrons. The highest BCUT2D eigenvalue weighted by molar-refractivity contribution is 9.10. The largest absolute Gasteiger partial charge is 0.326 e. The maximum atomic E-state index is 12.3. The number of thioether (sulfide) groups is 1. The Morgan fingerprint density at radius 1 is 0.966 bits per heavy atom. The number of nitrogens with zero attached hydrogens (tertiary/aromatic N) is 3. The van der Waals surface area contributed by atoms with Crippen LogP contribution in [0.3, 0.4) is 0 Å². The van der Waals surface area contributed by atoms with E-state index in [1.807, 2.05) is 66.1 Å². The highest BCUT2D eigenvalue weighted by Gasteiger charge is 2.16. The number of hydrogen-bond donors (Lipinski definition) is 2. The lowest BCUT2D eigenvalue weighted by Crippen LogP contribution is -2.18. The minimum Gasteiger partial charge on any atom is -0.326 e. The van der Waals surface area contributed by atoms with Gasteiger partial charge in [-0.05, 0) is 43.3 Å². The highest BCUT2D eigenvalue weighted by atomic mass is 79.9. The van der Waals surface area contributed by atoms with E-state index in [9.17, 15) is 9.59 Å². The first kappa shape index (κ1) is 21.1. The number of aromatic nitrogens is 3. The lowest BCUT2D eigenvalue weighted by Gasteiger charge is -2.08. The summed E-state index contributed by atoms with van der Waals surface area (Å²) in [6.45, 7) is 2.56. The van der Waals surface area contributed by atoms with Gasteiger partial charge in [-0.25, -0.2) is 0 Å². The molecule has 1 heterocycles. The third-order valence-electron chi connectivity index (χ3n) is 3.95. The minimum absolute atomic E-state index is 0.112. The van der Waals surface area contributed by atoms with Crippen LogP contribution in [0.5, 0.6) is 0 Å². The Hall–Kier alpha value is -2.65. The SMILES string of the molecule is CCn1c(CC(=O)Nc2ccccc2)nnc1SCC(=O)Nc1ccc(Br)cc1. The quantitative estimate of drug-likeness (QED) is 0.483. The van der Waals surface area contributed by atoms with Crippen molar-refractivity contribution in [1.29, 1.82) is 0 Å². The summed E-state index contributed by atoms with van der Waals surface area (Å²) in [6.07, 6.45) is 0.112. The topological polar surface area (TPSA) is 88.9 Å². The van der Waals surface area contributed by atoms with Crippen LogP contribution in [-0.4, -0.2) is 32.3 Å². The summed E-state index contributed by atoms with van der Waals surface area (Å²) in [6, 6.07) is 16.6. The number of hydrogen-bond acceptors (Lipinski definition) is 5. The van der Waals surface area contributed by atoms with Crippen LogP contribution in [-0.2, 0) is 22.6 Å². The average molecular weight is 474 g/mol. The molecule has 0 aliphatic heterocycles. The number of nitrogens with one attached hydrogen (secondary N) is 2. The maximum Gasteiger partial charge on any atom is 0.234 e. The van der Waals surface area contributed by atoms with Crippen LogP contribution in [0.4, 0.5) is 11.4 Å². The molecule has 0 spiro atoms. The van der Waals surface area contributed by atoms with Crippen molar-refractivity contribution in [3.05, 3.63) is 64.9 Å². The van der Waals surface area contributed by atoms with E-state index < -0.39 is 0 Å². The van der Waals surface area contributed by atoms with Crippen LogP contribution in [0, 0.1) is 0 Å². The van der Waals surface area contributed by atoms with Gasteiger partial charge in [-0.3, -0.25) is 9.59 Å². The van der Waals surface area contributed by atoms with Crippen molar-refractivity contribution in [3.63, 3.8) is 0 Å². The fraction of sp³-hybridized carbons (Fsp3) is 0.200. The molecule has 9 heteroatoms. The lowest BCUT2D eigenvalue weighted by molar-refractivity contribution is -0.116. The molecule has 0 saturated heterocycles. The van der Waals surface area contributed by atoms with Crippen LogP contribution >= 0.6 is 27.7 Å². The van der Waals surface area contributed by atoms with Gasteiger partial charge in [-0.15, -0.1) is 10.2 Å². The van der Waals surface area contributed by atoms with Crippen molar-refractivity contribution in [2.45, 2.75) is 25.0 Å². The second-order valence-electron chi connectivity index (χ2n) is 6.08. The van der Waals surface area contributed by atoms with Crippen LogP contribution in [0.1, 0.15) is 12.7 Å². The average Bonchev–Trinajstić information content (AvgIpc) is 3.10. The number of halogens is 1. The van der Waals surface area contributed by atoms with Crippen molar-refractivity contribution >= 4 is 50.9 Å². The molecule has 2 aromatic carbocycles. The predicted molar refractivity (Wildman–Crippen MR) is 118 cm³/mol. The molecule has 7 nitrogen and oxygen atoms in total. The highest BCUT2D eigenvalue weighted by Crippen LogP contribution is 2.19. The van der Waals surface area contributed by atoms with Gasteiger partial charge in [-0.2, -0.15) is 0 Å². The molecule has 3 rings (SSSR count). The monoisotopic (exact) mass is 473 g/mol. The number of para-hydroxylation sites is 1. The molecule has 2 amide bonds. The summed E-state index contributed by atoms with van der Waals surface area (Å²) < 4.78 is 2.80. The van der Waals surface area contributed by atoms with Crippen molar-refractivity contribution in [2.24, 2.45) is 0 Å². The van der Waals surface area contributed by atoms with E-state index in [0.29, 0.717) is 17.5 Å². The van der Waals surface area contributed by atoms with Crippen molar-refractivity contribution in [2.75, 3.05) is 16.4 Å². The number of benzene rings is 2. The van der Waals surface area contributed by atoms with E-state index in [1.54, 1.807) is 0 Å². The standard InChI is InChI=1S/C20H20BrN5O2S/c1-2-26-17(12-18(27)22-15-6-4-3-5-7-15)24-25-20(26)29-13-19(28)23-16-10-8-14(21)9-11-16/h3-11H,2,12-13H2,1H3,(H,22,27)(H,23,28). The van der Waals surface area contributed by atoms with Gasteiger partial charge in [0.15, 0.2) is 5.16 Å². The zero-order valence-corrected chi connectivity index (χ0v) is 18.2. The summed E-state index contributed by atoms with van der Waals surface area (Å²) in [5.74, 6) is 0.468. The second kappa shape index (κ2) is 10.2. The smallest absolute Gasteiger partial charge is 0.234 e. The number of anilines is 2. The molecule has 0 aliphatic rings. The van der Waals surface area contributed by atoms with Gasteiger partial charge in [-0.1, -0.05) is 45.9 Å². The first-order valence-corrected chi connectivity index (χ1v) is 10.8. The van der Waals surface area contributed by atoms with Gasteiger partial charge in [0.25, 0.3) is 0 Å². The van der Waals surface area contributed by atoms with Gasteiger partial charge in [0.2, 0.25) is 11.8 Å². The van der Waals surface area contributed by atoms with Gasteiger partial charge in [0.05, 0.1) is 12.2 Å². The summed E-state index contributed by atoms with van der Waals surface area (Å²) in [5, 5.41) is 14.6. The maximum absolute atomic E-state index is 12.3. The Labute approximate surface area is 181 Å². The third kappa shape index (κ3) is 6.16. The Kier molecular flexibility index (Phi) is 7.42. The molecule has 0 bridgehead atoms. The Balaban J connectivity index is 1.56. The Morgan fingerprint density at radius 2 is 1.62 bits per heavy atom. The molecular weight excluding hydrogens is 454 g/mol. The zero-order chi connectivity index (χ0) is 20.6. The normalized spacial score (nSPS) is 10.6. The first-order valence-electron chi connectivity index (χ1n) is 9.00. The molecule has 29 heavy (non-hydrogen) atoms. The Morgan fingerprint density at radius 3 is 2.31 bits per heavy atom. The number of carbonyl (C=O) groups is 2. The van der Waals surface area contributed by atoms with Crippen LogP contribution in [0.25, 0.3) is 0 Å². The molecular formula is C20H20BrN5O2S. The number of rotatable bonds is 8. The Bertz CT molecular complexity index is 976. The zero-order valence-electron chi connectivity index (χ0n) is 15.8. The fourth-order valence-corrected chi connectivity index (χ4v) is 3.69. The fourth-order valence-electron chi connectivity index (χ4n) is 2.60. The lowest BCUT2D eigenvalue weighted by atomic mass is 10.3. The molecule has 1 aromatic heterocycles. The molecule has 3 aromatic rings. The number of carbonyl (C=O) groups excluding carboxylic acids is 2. The summed E-state index contributed by atoms with van der Waals surface area (Å²) in [4.78, 5) is 24.5. The molecule has 0 aliphatic carbocycles. The number of amides is 2. The van der Waals surface area contributed by atoms with Crippen LogP contribution in [0.15, 0.2) is 64.2 Å². The van der Waals surface area contributed by atoms with Crippen LogP contribution in [0.2, 0.25) is 0 Å². The van der Waals surface area contributed by atoms with E-state index in [-0.39, 0.29) is 24.0 Å². The molecule has 0 radical (unpaired) electrons. The molecule has 0 unspecified atom stereocenters. The van der Waals surface area contributed by atoms with Crippen molar-refractivity contribution in [3.8, 4) is 0 Å². The summed E-state index contributed by atoms with van der Waals surface area (Å²) in [5.41, 5.74) is 1.47. The van der Waals surface area contributed by atoms with E-state index in [2.05, 4.69) is 36.8 Å². The minimum atomic E-state index is -0.164. The van der Waals surface area contributed by atoms with Crippen LogP contribution < -0.4 is 10.6 Å². The predicted octanol–water partition coefficient (Wildman–Crippen LogP) is 3.97. The van der Waals surface area contributed by atoms with E-state index in [4.69, 9.17) is 0 Å². The molecule has 0 fully saturated rings. The van der Waals surface area contributed by atoms with Crippen molar-refractivity contribution < 1.29 is 9.59 Å². The summed E-state index contributed by atoms with van der Waals surface area (Å²) >= 11 is 4.65. The first-order chi connectivity index (χ1) is 14.0. The molecule has 2 N–H and O–H groups in total. The van der Waals surface area contributed by atoms with Gasteiger partial charge in [0, 0.05) is 22.4 Å². The van der Waals surface area contributed by atoms with Gasteiger partial charge in [0.1, 0.15) is 5.82 Å². The summed E-state index contributed by atoms with van der Waals surface area (Å²) in [7, 11) is 0. The molecule has 0 saturated carbocycles. The van der Waals surface area contributed by atoms with E-state index in [1.165, 1.54) is 11.8 Å². The third-order valence-corrected chi connectivity index (χ3v) is 5.44. The van der Waals surface area contributed by atoms with Gasteiger partial charge < -0.3 is 15.2 Å². The van der Waals surface area contributed by atoms with E-state index >= 15 is 0 Å². The van der Waals surface area contributed by atoms with Gasteiger partial charge >= 0.3 is 0 Å².